The van der Waals surface area contributed by atoms with Crippen LogP contribution in [0.2, 0.25) is 0 Å². The van der Waals surface area contributed by atoms with Crippen LogP contribution in [-0.2, 0) is 62.2 Å². The number of hydrazone groups is 1. The number of carbonyl (C=O) groups excluding carboxylic acids is 1. The summed E-state index contributed by atoms with van der Waals surface area (Å²) in [4.78, 5) is 21.4. The van der Waals surface area contributed by atoms with Gasteiger partial charge < -0.3 is 45.6 Å². The number of nitrogens with one attached hydrogen (secondary N) is 3. The quantitative estimate of drug-likeness (QED) is 0.0952. The molecule has 2 aromatic carbocycles. The number of allylic oxidation sites excluding steroid dienone is 5. The number of amidine groups is 2. The first-order chi connectivity index (χ1) is 18.4. The van der Waals surface area contributed by atoms with Crippen LogP contribution in [-0.4, -0.2) is 36.6 Å². The Morgan fingerprint density at radius 1 is 0.923 bits per heavy atom. The number of hydrogen-bond donors (Lipinski definition) is 3. The molecule has 0 spiro atoms. The van der Waals surface area contributed by atoms with E-state index in [4.69, 9.17) is 34.7 Å². The summed E-state index contributed by atoms with van der Waals surface area (Å²) in [5.74, 6) is 0.946. The van der Waals surface area contributed by atoms with Gasteiger partial charge in [-0.15, -0.1) is 0 Å². The van der Waals surface area contributed by atoms with Crippen molar-refractivity contribution in [3.05, 3.63) is 83.6 Å². The molecule has 3 rings (SSSR count). The first kappa shape index (κ1) is 34.1. The molecule has 1 aliphatic rings. The minimum atomic E-state index is -0.236. The van der Waals surface area contributed by atoms with Crippen molar-refractivity contribution in [3.8, 4) is 11.5 Å². The van der Waals surface area contributed by atoms with Gasteiger partial charge >= 0.3 is 42.3 Å². The van der Waals surface area contributed by atoms with Gasteiger partial charge in [-0.2, -0.15) is 5.10 Å². The summed E-state index contributed by atoms with van der Waals surface area (Å²) >= 11 is 14.1. The van der Waals surface area contributed by atoms with Gasteiger partial charge in [0.25, 0.3) is 0 Å². The Kier molecular flexibility index (Phi) is 16.1. The van der Waals surface area contributed by atoms with Gasteiger partial charge in [0, 0.05) is 22.5 Å². The van der Waals surface area contributed by atoms with Crippen molar-refractivity contribution in [1.82, 2.24) is 16.3 Å². The number of para-hydroxylation sites is 4. The van der Waals surface area contributed by atoms with E-state index in [1.165, 1.54) is 12.4 Å². The Morgan fingerprint density at radius 2 is 1.46 bits per heavy atom. The van der Waals surface area contributed by atoms with E-state index in [9.17, 15) is 4.79 Å². The van der Waals surface area contributed by atoms with E-state index in [0.717, 1.165) is 5.57 Å². The van der Waals surface area contributed by atoms with Crippen LogP contribution in [0.5, 0.6) is 11.5 Å². The standard InChI is InChI=1S/C25H26N6O3S2.ClH.2Cu/c1-16-12-17(14-26-30-24(35)28-19-8-4-6-10-21(19)33-2)23(32)18(13-16)15-27-31-25(36)29-20-9-5-7-11-22(20)34-3;;;/h4-15,26H,1-3H3,(H2,28,30,35)(H2,29,31,36);1H;;/q;;+1;+2/p-3/b17-14-,27-15-;;;. The zero-order valence-electron chi connectivity index (χ0n) is 20.8. The maximum absolute atomic E-state index is 12.9. The van der Waals surface area contributed by atoms with Gasteiger partial charge in [0.2, 0.25) is 0 Å². The summed E-state index contributed by atoms with van der Waals surface area (Å²) in [6.45, 7) is 1.87. The number of hydrazine groups is 1. The van der Waals surface area contributed by atoms with Gasteiger partial charge in [-0.1, -0.05) is 24.3 Å². The summed E-state index contributed by atoms with van der Waals surface area (Å²) in [5, 5.41) is 4.36. The molecule has 1 aliphatic carbocycles. The maximum atomic E-state index is 12.9. The molecule has 0 aliphatic heterocycles. The van der Waals surface area contributed by atoms with Crippen molar-refractivity contribution in [2.75, 3.05) is 14.2 Å². The van der Waals surface area contributed by atoms with Crippen LogP contribution in [0.1, 0.15) is 6.92 Å². The van der Waals surface area contributed by atoms with Crippen molar-refractivity contribution in [2.45, 2.75) is 6.92 Å². The average Bonchev–Trinajstić information content (AvgIpc) is 2.92. The average molecular weight is 683 g/mol. The molecule has 0 heterocycles. The Labute approximate surface area is 261 Å². The number of ether oxygens (including phenoxy) is 2. The first-order valence-corrected chi connectivity index (χ1v) is 12.9. The van der Waals surface area contributed by atoms with E-state index >= 15 is 0 Å². The van der Waals surface area contributed by atoms with Crippen molar-refractivity contribution < 1.29 is 46.4 Å². The Hall–Kier alpha value is -2.89. The van der Waals surface area contributed by atoms with Gasteiger partial charge in [0.05, 0.1) is 20.4 Å². The molecule has 0 fully saturated rings. The number of carbonyl (C=O) groups is 1. The first-order valence-electron chi connectivity index (χ1n) is 10.8. The maximum Gasteiger partial charge on any atom is 1.00 e. The second kappa shape index (κ2) is 18.4. The Balaban J connectivity index is 0.00000248. The normalized spacial score (nSPS) is 14.4. The number of benzene rings is 2. The summed E-state index contributed by atoms with van der Waals surface area (Å²) in [5.41, 5.74) is 11.0. The van der Waals surface area contributed by atoms with Crippen molar-refractivity contribution in [2.24, 2.45) is 15.1 Å². The van der Waals surface area contributed by atoms with E-state index in [2.05, 4.69) is 56.6 Å². The number of methoxy groups -OCH3 is 2. The van der Waals surface area contributed by atoms with Crippen molar-refractivity contribution in [3.63, 3.8) is 0 Å². The predicted molar refractivity (Wildman–Crippen MR) is 154 cm³/mol. The van der Waals surface area contributed by atoms with Crippen LogP contribution >= 0.6 is 10.1 Å². The van der Waals surface area contributed by atoms with Gasteiger partial charge in [-0.25, -0.2) is 0 Å². The van der Waals surface area contributed by atoms with Gasteiger partial charge in [-0.3, -0.25) is 20.2 Å². The minimum absolute atomic E-state index is 0. The molecule has 9 nitrogen and oxygen atoms in total. The molecule has 0 atom stereocenters. The molecule has 0 saturated heterocycles. The summed E-state index contributed by atoms with van der Waals surface area (Å²) in [7, 11) is 7.31. The van der Waals surface area contributed by atoms with E-state index in [1.54, 1.807) is 50.6 Å². The second-order valence-electron chi connectivity index (χ2n) is 7.23. The minimum Gasteiger partial charge on any atom is 1.00 e. The van der Waals surface area contributed by atoms with Crippen LogP contribution in [0.15, 0.2) is 98.7 Å². The fourth-order valence-corrected chi connectivity index (χ4v) is 3.39. The van der Waals surface area contributed by atoms with Gasteiger partial charge in [0.1, 0.15) is 22.9 Å². The zero-order chi connectivity index (χ0) is 27.9. The third-order valence-corrected chi connectivity index (χ3v) is 5.05. The number of rotatable bonds is 8. The van der Waals surface area contributed by atoms with Crippen LogP contribution in [0.25, 0.3) is 0 Å². The molecule has 0 amide bonds. The van der Waals surface area contributed by atoms with E-state index in [0.29, 0.717) is 34.0 Å². The summed E-state index contributed by atoms with van der Waals surface area (Å²) in [6.07, 6.45) is 6.36. The molecular weight excluding hydrogens is 659 g/mol. The molecule has 14 heteroatoms. The molecule has 0 aromatic heterocycles. The SMILES string of the molecule is COc1ccccc1N=C([S-])N/N=C\C1=CC(C)=C/C(=C/NNC([S-])=Nc2ccccc2OC)C1=O.[Cl][Cu+].[Cu+]. The molecule has 3 N–H and O–H groups in total. The van der Waals surface area contributed by atoms with Crippen molar-refractivity contribution >= 4 is 69.1 Å². The van der Waals surface area contributed by atoms with Crippen LogP contribution in [0.3, 0.4) is 0 Å². The third kappa shape index (κ3) is 11.0. The molecule has 0 unspecified atom stereocenters. The largest absolute Gasteiger partial charge is 1.00 e. The monoisotopic (exact) mass is 681 g/mol. The molecule has 0 bridgehead atoms. The van der Waals surface area contributed by atoms with Gasteiger partial charge in [-0.05, 0) is 54.1 Å². The smallest absolute Gasteiger partial charge is 1.00 e. The molecular formula is C25H24ClCu2N6O3S2. The number of aliphatic imine (C=N–C) groups is 2. The van der Waals surface area contributed by atoms with Crippen LogP contribution in [0, 0.1) is 0 Å². The van der Waals surface area contributed by atoms with Crippen LogP contribution in [0.4, 0.5) is 11.4 Å². The molecule has 39 heavy (non-hydrogen) atoms. The molecule has 0 saturated carbocycles. The third-order valence-electron chi connectivity index (χ3n) is 4.68. The Morgan fingerprint density at radius 3 is 2.03 bits per heavy atom. The number of nitrogens with zero attached hydrogens (tertiary/aromatic N) is 3. The predicted octanol–water partition coefficient (Wildman–Crippen LogP) is 4.17. The molecule has 0 radical (unpaired) electrons. The van der Waals surface area contributed by atoms with Gasteiger partial charge in [0.15, 0.2) is 5.78 Å². The summed E-state index contributed by atoms with van der Waals surface area (Å²) in [6, 6.07) is 14.4. The number of ketones is 1. The van der Waals surface area contributed by atoms with E-state index in [1.807, 2.05) is 31.2 Å². The van der Waals surface area contributed by atoms with E-state index in [-0.39, 0.29) is 33.2 Å². The van der Waals surface area contributed by atoms with Crippen molar-refractivity contribution in [1.29, 1.82) is 0 Å². The number of halogens is 1. The van der Waals surface area contributed by atoms with E-state index < -0.39 is 0 Å². The fourth-order valence-electron chi connectivity index (χ4n) is 3.08. The molecule has 213 valence electrons. The zero-order valence-corrected chi connectivity index (χ0v) is 25.1. The topological polar surface area (TPSA) is 109 Å². The van der Waals surface area contributed by atoms with Crippen LogP contribution < -0.4 is 25.8 Å². The summed E-state index contributed by atoms with van der Waals surface area (Å²) < 4.78 is 10.5. The fraction of sp³-hybridized carbons (Fsp3) is 0.120. The second-order valence-corrected chi connectivity index (χ2v) is 8.01. The number of Topliss-reactive ketones (excluding diaryl/α,β-unsaturated/α-hetero) is 1. The number of hydrogen-bond acceptors (Lipinski definition) is 9. The molecule has 2 aromatic rings. The Bertz CT molecular complexity index is 1320.